The number of pyridine rings is 1. The molecular weight excluding hydrogens is 338 g/mol. The summed E-state index contributed by atoms with van der Waals surface area (Å²) in [5.41, 5.74) is 0.877. The number of rotatable bonds is 3. The molecule has 0 amide bonds. The quantitative estimate of drug-likeness (QED) is 0.522. The van der Waals surface area contributed by atoms with Gasteiger partial charge in [0.1, 0.15) is 5.56 Å². The summed E-state index contributed by atoms with van der Waals surface area (Å²) < 4.78 is 12.0. The molecule has 8 nitrogen and oxygen atoms in total. The monoisotopic (exact) mass is 353 g/mol. The summed E-state index contributed by atoms with van der Waals surface area (Å²) in [6, 6.07) is 5.47. The fourth-order valence-corrected chi connectivity index (χ4v) is 3.35. The Morgan fingerprint density at radius 3 is 2.77 bits per heavy atom. The topological polar surface area (TPSA) is 104 Å². The summed E-state index contributed by atoms with van der Waals surface area (Å²) in [6.07, 6.45) is 1.60. The summed E-state index contributed by atoms with van der Waals surface area (Å²) in [6.45, 7) is 3.24. The molecule has 0 bridgehead atoms. The highest BCUT2D eigenvalue weighted by Crippen LogP contribution is 2.33. The van der Waals surface area contributed by atoms with Crippen molar-refractivity contribution in [2.45, 2.75) is 33.2 Å². The summed E-state index contributed by atoms with van der Waals surface area (Å²) in [7, 11) is 0. The van der Waals surface area contributed by atoms with Crippen LogP contribution in [0, 0.1) is 6.92 Å². The van der Waals surface area contributed by atoms with Crippen LogP contribution in [0.5, 0.6) is 5.75 Å². The smallest absolute Gasteiger partial charge is 0.308 e. The van der Waals surface area contributed by atoms with E-state index in [-0.39, 0.29) is 23.1 Å². The average Bonchev–Trinajstić information content (AvgIpc) is 3.05. The molecule has 0 atom stereocenters. The minimum absolute atomic E-state index is 0.0571. The Morgan fingerprint density at radius 1 is 1.27 bits per heavy atom. The molecule has 0 spiro atoms. The van der Waals surface area contributed by atoms with Gasteiger partial charge in [-0.25, -0.2) is 0 Å². The van der Waals surface area contributed by atoms with Crippen LogP contribution in [0.2, 0.25) is 0 Å². The van der Waals surface area contributed by atoms with Gasteiger partial charge in [-0.05, 0) is 24.5 Å². The van der Waals surface area contributed by atoms with Crippen molar-refractivity contribution in [1.82, 2.24) is 14.8 Å². The van der Waals surface area contributed by atoms with Gasteiger partial charge in [-0.15, -0.1) is 10.2 Å². The molecule has 4 rings (SSSR count). The van der Waals surface area contributed by atoms with Gasteiger partial charge in [-0.1, -0.05) is 12.1 Å². The molecule has 0 saturated heterocycles. The van der Waals surface area contributed by atoms with Crippen LogP contribution >= 0.6 is 0 Å². The number of aryl methyl sites for hydroxylation is 3. The maximum Gasteiger partial charge on any atom is 0.308 e. The molecule has 1 aliphatic heterocycles. The first-order valence-electron chi connectivity index (χ1n) is 8.19. The van der Waals surface area contributed by atoms with E-state index < -0.39 is 17.3 Å². The van der Waals surface area contributed by atoms with Crippen LogP contribution in [0.25, 0.3) is 10.9 Å². The second-order valence-electron chi connectivity index (χ2n) is 6.13. The first-order chi connectivity index (χ1) is 12.5. The molecule has 0 unspecified atom stereocenters. The molecule has 2 aromatic heterocycles. The maximum atomic E-state index is 13.1. The van der Waals surface area contributed by atoms with Crippen molar-refractivity contribution in [1.29, 1.82) is 0 Å². The van der Waals surface area contributed by atoms with E-state index in [0.29, 0.717) is 17.4 Å². The van der Waals surface area contributed by atoms with E-state index >= 15 is 0 Å². The lowest BCUT2D eigenvalue weighted by atomic mass is 9.98. The first-order valence-corrected chi connectivity index (χ1v) is 8.19. The summed E-state index contributed by atoms with van der Waals surface area (Å²) in [4.78, 5) is 37.6. The van der Waals surface area contributed by atoms with Crippen molar-refractivity contribution in [3.8, 4) is 5.75 Å². The van der Waals surface area contributed by atoms with Gasteiger partial charge in [0.25, 0.3) is 17.2 Å². The number of aromatic nitrogens is 3. The van der Waals surface area contributed by atoms with E-state index in [0.717, 1.165) is 18.4 Å². The zero-order valence-corrected chi connectivity index (χ0v) is 14.2. The Balaban J connectivity index is 2.08. The van der Waals surface area contributed by atoms with Crippen molar-refractivity contribution >= 4 is 22.7 Å². The number of esters is 1. The third kappa shape index (κ3) is 2.42. The van der Waals surface area contributed by atoms with Crippen LogP contribution in [0.1, 0.15) is 41.0 Å². The number of carbonyl (C=O) groups is 2. The van der Waals surface area contributed by atoms with Crippen LogP contribution in [0.3, 0.4) is 0 Å². The molecule has 0 aliphatic carbocycles. The summed E-state index contributed by atoms with van der Waals surface area (Å²) >= 11 is 0. The molecule has 1 aliphatic rings. The van der Waals surface area contributed by atoms with Gasteiger partial charge < -0.3 is 13.7 Å². The highest BCUT2D eigenvalue weighted by atomic mass is 16.5. The molecule has 3 aromatic rings. The average molecular weight is 353 g/mol. The largest absolute Gasteiger partial charge is 0.425 e. The normalized spacial score (nSPS) is 13.0. The van der Waals surface area contributed by atoms with E-state index in [4.69, 9.17) is 9.15 Å². The number of ether oxygens (including phenoxy) is 1. The van der Waals surface area contributed by atoms with Crippen molar-refractivity contribution in [2.75, 3.05) is 0 Å². The van der Waals surface area contributed by atoms with Gasteiger partial charge in [0.15, 0.2) is 5.75 Å². The number of ketones is 1. The molecule has 132 valence electrons. The van der Waals surface area contributed by atoms with E-state index in [1.54, 1.807) is 17.6 Å². The van der Waals surface area contributed by atoms with Crippen LogP contribution in [0.15, 0.2) is 27.4 Å². The van der Waals surface area contributed by atoms with Crippen molar-refractivity contribution < 1.29 is 18.7 Å². The number of hydrogen-bond acceptors (Lipinski definition) is 7. The fraction of sp³-hybridized carbons (Fsp3) is 0.278. The minimum Gasteiger partial charge on any atom is -0.425 e. The van der Waals surface area contributed by atoms with Crippen LogP contribution in [0.4, 0.5) is 0 Å². The molecule has 3 heterocycles. The van der Waals surface area contributed by atoms with Gasteiger partial charge in [-0.3, -0.25) is 14.4 Å². The zero-order chi connectivity index (χ0) is 18.4. The highest BCUT2D eigenvalue weighted by molar-refractivity contribution is 6.11. The number of nitrogens with zero attached hydrogens (tertiary/aromatic N) is 3. The van der Waals surface area contributed by atoms with Crippen molar-refractivity contribution in [3.05, 3.63) is 51.5 Å². The number of benzene rings is 1. The predicted octanol–water partition coefficient (Wildman–Crippen LogP) is 1.80. The molecular formula is C18H15N3O5. The van der Waals surface area contributed by atoms with Crippen molar-refractivity contribution in [2.24, 2.45) is 0 Å². The van der Waals surface area contributed by atoms with E-state index in [2.05, 4.69) is 10.2 Å². The zero-order valence-electron chi connectivity index (χ0n) is 14.2. The molecule has 0 radical (unpaired) electrons. The second-order valence-corrected chi connectivity index (χ2v) is 6.13. The Bertz CT molecular complexity index is 1130. The molecule has 26 heavy (non-hydrogen) atoms. The Morgan fingerprint density at radius 2 is 2.08 bits per heavy atom. The lowest BCUT2D eigenvalue weighted by Crippen LogP contribution is -2.31. The standard InChI is InChI=1S/C18H15N3O5/c1-9-19-20-17(25-9)15(23)13-16(26-10(2)22)12-7-3-5-11-6-4-8-21(14(11)12)18(13)24/h3,5,7H,4,6,8H2,1-2H3. The summed E-state index contributed by atoms with van der Waals surface area (Å²) in [5.74, 6) is -1.55. The number of hydrogen-bond donors (Lipinski definition) is 0. The van der Waals surface area contributed by atoms with Crippen molar-refractivity contribution in [3.63, 3.8) is 0 Å². The Hall–Kier alpha value is -3.29. The van der Waals surface area contributed by atoms with E-state index in [9.17, 15) is 14.4 Å². The summed E-state index contributed by atoms with van der Waals surface area (Å²) in [5, 5.41) is 7.86. The lowest BCUT2D eigenvalue weighted by molar-refractivity contribution is -0.131. The fourth-order valence-electron chi connectivity index (χ4n) is 3.35. The first kappa shape index (κ1) is 16.2. The molecule has 0 saturated carbocycles. The molecule has 0 fully saturated rings. The SMILES string of the molecule is CC(=O)Oc1c(C(=O)c2nnc(C)o2)c(=O)n2c3c(cccc13)CCC2. The van der Waals surface area contributed by atoms with Gasteiger partial charge in [0.2, 0.25) is 5.89 Å². The van der Waals surface area contributed by atoms with Gasteiger partial charge in [-0.2, -0.15) is 0 Å². The van der Waals surface area contributed by atoms with E-state index in [1.807, 2.05) is 12.1 Å². The van der Waals surface area contributed by atoms with Gasteiger partial charge in [0, 0.05) is 25.8 Å². The van der Waals surface area contributed by atoms with Crippen LogP contribution < -0.4 is 10.3 Å². The number of carbonyl (C=O) groups excluding carboxylic acids is 2. The predicted molar refractivity (Wildman–Crippen MR) is 90.3 cm³/mol. The lowest BCUT2D eigenvalue weighted by Gasteiger charge is -2.22. The van der Waals surface area contributed by atoms with Crippen LogP contribution in [-0.2, 0) is 17.8 Å². The van der Waals surface area contributed by atoms with E-state index in [1.165, 1.54) is 6.92 Å². The third-order valence-electron chi connectivity index (χ3n) is 4.34. The van der Waals surface area contributed by atoms with Crippen LogP contribution in [-0.4, -0.2) is 26.5 Å². The number of para-hydroxylation sites is 1. The molecule has 1 aromatic carbocycles. The highest BCUT2D eigenvalue weighted by Gasteiger charge is 2.30. The Labute approximate surface area is 147 Å². The third-order valence-corrected chi connectivity index (χ3v) is 4.34. The van der Waals surface area contributed by atoms with Gasteiger partial charge >= 0.3 is 5.97 Å². The maximum absolute atomic E-state index is 13.1. The molecule has 8 heteroatoms. The van der Waals surface area contributed by atoms with Gasteiger partial charge in [0.05, 0.1) is 5.52 Å². The second kappa shape index (κ2) is 5.91. The minimum atomic E-state index is -0.756. The molecule has 0 N–H and O–H groups in total. The Kier molecular flexibility index (Phi) is 3.68.